The van der Waals surface area contributed by atoms with Crippen molar-refractivity contribution in [2.75, 3.05) is 6.61 Å². The van der Waals surface area contributed by atoms with Crippen molar-refractivity contribution in [1.29, 1.82) is 0 Å². The zero-order valence-corrected chi connectivity index (χ0v) is 8.18. The Hall–Kier alpha value is -0.520. The van der Waals surface area contributed by atoms with E-state index in [1.165, 1.54) is 0 Å². The zero-order chi connectivity index (χ0) is 9.41. The van der Waals surface area contributed by atoms with Crippen LogP contribution in [-0.4, -0.2) is 23.9 Å². The molecule has 1 atom stereocenters. The average molecular weight is 168 g/mol. The van der Waals surface area contributed by atoms with Crippen molar-refractivity contribution in [3.63, 3.8) is 0 Å². The van der Waals surface area contributed by atoms with Gasteiger partial charge in [0, 0.05) is 0 Å². The second kappa shape index (κ2) is 2.76. The Labute approximate surface area is 74.2 Å². The smallest absolute Gasteiger partial charge is 0.142 e. The molecule has 0 N–H and O–H groups in total. The number of hydrogen-bond acceptors (Lipinski definition) is 2. The molecule has 0 bridgehead atoms. The Kier molecular flexibility index (Phi) is 2.20. The summed E-state index contributed by atoms with van der Waals surface area (Å²) in [6.45, 7) is 8.51. The molecule has 0 aromatic heterocycles. The molecule has 1 aliphatic heterocycles. The van der Waals surface area contributed by atoms with E-state index < -0.39 is 0 Å². The van der Waals surface area contributed by atoms with E-state index in [4.69, 9.17) is 15.9 Å². The lowest BCUT2D eigenvalue weighted by Crippen LogP contribution is -2.56. The molecule has 1 saturated heterocycles. The van der Waals surface area contributed by atoms with Crippen LogP contribution in [0.3, 0.4) is 0 Å². The van der Waals surface area contributed by atoms with Crippen LogP contribution in [0.5, 0.6) is 0 Å². The van der Waals surface area contributed by atoms with Gasteiger partial charge in [0.15, 0.2) is 0 Å². The van der Waals surface area contributed by atoms with E-state index in [1.54, 1.807) is 0 Å². The van der Waals surface area contributed by atoms with Crippen molar-refractivity contribution in [3.05, 3.63) is 0 Å². The minimum atomic E-state index is -0.317. The first kappa shape index (κ1) is 9.57. The molecule has 0 aromatic carbocycles. The van der Waals surface area contributed by atoms with Gasteiger partial charge >= 0.3 is 0 Å². The maximum absolute atomic E-state index is 5.68. The molecule has 0 aromatic rings. The van der Waals surface area contributed by atoms with Gasteiger partial charge in [0.25, 0.3) is 0 Å². The summed E-state index contributed by atoms with van der Waals surface area (Å²) in [6, 6.07) is 0. The maximum Gasteiger partial charge on any atom is 0.142 e. The summed E-state index contributed by atoms with van der Waals surface area (Å²) in [5.74, 6) is 2.55. The van der Waals surface area contributed by atoms with Gasteiger partial charge in [0.1, 0.15) is 6.10 Å². The third-order valence-electron chi connectivity index (χ3n) is 2.67. The quantitative estimate of drug-likeness (QED) is 0.511. The predicted molar refractivity (Wildman–Crippen MR) is 47.8 cm³/mol. The fraction of sp³-hybridized carbons (Fsp3) is 0.800. The molecule has 1 heterocycles. The maximum atomic E-state index is 5.68. The highest BCUT2D eigenvalue weighted by Gasteiger charge is 2.44. The van der Waals surface area contributed by atoms with Gasteiger partial charge in [0.2, 0.25) is 0 Å². The number of ether oxygens (including phenoxy) is 2. The van der Waals surface area contributed by atoms with Crippen molar-refractivity contribution in [2.24, 2.45) is 0 Å². The molecule has 0 aliphatic carbocycles. The second-order valence-corrected chi connectivity index (χ2v) is 4.10. The third kappa shape index (κ3) is 1.48. The van der Waals surface area contributed by atoms with Gasteiger partial charge < -0.3 is 9.47 Å². The van der Waals surface area contributed by atoms with Gasteiger partial charge in [-0.3, -0.25) is 0 Å². The van der Waals surface area contributed by atoms with E-state index in [2.05, 4.69) is 5.92 Å². The van der Waals surface area contributed by atoms with Crippen LogP contribution in [0.2, 0.25) is 0 Å². The van der Waals surface area contributed by atoms with Gasteiger partial charge in [-0.15, -0.1) is 6.42 Å². The molecular weight excluding hydrogens is 152 g/mol. The number of hydrogen-bond donors (Lipinski definition) is 0. The van der Waals surface area contributed by atoms with Crippen LogP contribution >= 0.6 is 0 Å². The zero-order valence-electron chi connectivity index (χ0n) is 8.18. The van der Waals surface area contributed by atoms with E-state index in [9.17, 15) is 0 Å². The Morgan fingerprint density at radius 1 is 1.25 bits per heavy atom. The minimum Gasteiger partial charge on any atom is -0.369 e. The second-order valence-electron chi connectivity index (χ2n) is 4.10. The van der Waals surface area contributed by atoms with Crippen molar-refractivity contribution in [2.45, 2.75) is 45.0 Å². The monoisotopic (exact) mass is 168 g/mol. The van der Waals surface area contributed by atoms with E-state index >= 15 is 0 Å². The summed E-state index contributed by atoms with van der Waals surface area (Å²) < 4.78 is 11.3. The molecule has 1 unspecified atom stereocenters. The Balaban J connectivity index is 2.76. The minimum absolute atomic E-state index is 0.201. The molecule has 2 nitrogen and oxygen atoms in total. The SMILES string of the molecule is C#CC1COC(C)(C)C(C)(C)O1. The lowest BCUT2D eigenvalue weighted by Gasteiger charge is -2.46. The standard InChI is InChI=1S/C10H16O2/c1-6-8-7-11-9(2,3)10(4,5)12-8/h1,8H,7H2,2-5H3. The van der Waals surface area contributed by atoms with Gasteiger partial charge in [-0.1, -0.05) is 5.92 Å². The van der Waals surface area contributed by atoms with Crippen LogP contribution in [0.1, 0.15) is 27.7 Å². The van der Waals surface area contributed by atoms with E-state index in [0.29, 0.717) is 6.61 Å². The predicted octanol–water partition coefficient (Wildman–Crippen LogP) is 1.59. The molecule has 68 valence electrons. The van der Waals surface area contributed by atoms with Crippen LogP contribution in [0.25, 0.3) is 0 Å². The Morgan fingerprint density at radius 3 is 2.25 bits per heavy atom. The van der Waals surface area contributed by atoms with Crippen LogP contribution < -0.4 is 0 Å². The average Bonchev–Trinajstić information content (AvgIpc) is 1.95. The van der Waals surface area contributed by atoms with E-state index in [0.717, 1.165) is 0 Å². The van der Waals surface area contributed by atoms with Gasteiger partial charge in [-0.25, -0.2) is 0 Å². The summed E-state index contributed by atoms with van der Waals surface area (Å²) in [6.07, 6.45) is 5.06. The first-order valence-corrected chi connectivity index (χ1v) is 4.17. The number of rotatable bonds is 0. The molecule has 0 radical (unpaired) electrons. The first-order valence-electron chi connectivity index (χ1n) is 4.17. The summed E-state index contributed by atoms with van der Waals surface area (Å²) in [4.78, 5) is 0. The lowest BCUT2D eigenvalue weighted by atomic mass is 9.88. The highest BCUT2D eigenvalue weighted by molar-refractivity contribution is 5.02. The summed E-state index contributed by atoms with van der Waals surface area (Å²) in [5, 5.41) is 0. The first-order chi connectivity index (χ1) is 5.39. The normalized spacial score (nSPS) is 32.4. The summed E-state index contributed by atoms with van der Waals surface area (Å²) in [7, 11) is 0. The van der Waals surface area contributed by atoms with Crippen molar-refractivity contribution in [1.82, 2.24) is 0 Å². The van der Waals surface area contributed by atoms with E-state index in [1.807, 2.05) is 27.7 Å². The summed E-state index contributed by atoms with van der Waals surface area (Å²) in [5.41, 5.74) is -0.581. The van der Waals surface area contributed by atoms with Crippen LogP contribution in [0, 0.1) is 12.3 Å². The van der Waals surface area contributed by atoms with E-state index in [-0.39, 0.29) is 17.3 Å². The molecule has 1 aliphatic rings. The molecule has 0 spiro atoms. The topological polar surface area (TPSA) is 18.5 Å². The van der Waals surface area contributed by atoms with Gasteiger partial charge in [-0.05, 0) is 27.7 Å². The molecule has 1 rings (SSSR count). The van der Waals surface area contributed by atoms with Gasteiger partial charge in [-0.2, -0.15) is 0 Å². The van der Waals surface area contributed by atoms with Crippen LogP contribution in [-0.2, 0) is 9.47 Å². The van der Waals surface area contributed by atoms with Crippen molar-refractivity contribution < 1.29 is 9.47 Å². The van der Waals surface area contributed by atoms with Gasteiger partial charge in [0.05, 0.1) is 17.8 Å². The molecular formula is C10H16O2. The molecule has 0 amide bonds. The third-order valence-corrected chi connectivity index (χ3v) is 2.67. The highest BCUT2D eigenvalue weighted by atomic mass is 16.6. The molecule has 1 fully saturated rings. The van der Waals surface area contributed by atoms with Crippen molar-refractivity contribution in [3.8, 4) is 12.3 Å². The fourth-order valence-corrected chi connectivity index (χ4v) is 1.07. The van der Waals surface area contributed by atoms with Crippen LogP contribution in [0.4, 0.5) is 0 Å². The molecule has 0 saturated carbocycles. The fourth-order valence-electron chi connectivity index (χ4n) is 1.07. The Morgan fingerprint density at radius 2 is 1.83 bits per heavy atom. The Bertz CT molecular complexity index is 210. The van der Waals surface area contributed by atoms with Crippen LogP contribution in [0.15, 0.2) is 0 Å². The largest absolute Gasteiger partial charge is 0.369 e. The molecule has 12 heavy (non-hydrogen) atoms. The lowest BCUT2D eigenvalue weighted by molar-refractivity contribution is -0.248. The molecule has 2 heteroatoms. The van der Waals surface area contributed by atoms with Crippen molar-refractivity contribution >= 4 is 0 Å². The number of terminal acetylenes is 1. The summed E-state index contributed by atoms with van der Waals surface area (Å²) >= 11 is 0. The highest BCUT2D eigenvalue weighted by Crippen LogP contribution is 2.33.